The van der Waals surface area contributed by atoms with E-state index < -0.39 is 0 Å². The summed E-state index contributed by atoms with van der Waals surface area (Å²) in [5.41, 5.74) is 1.66. The quantitative estimate of drug-likeness (QED) is 0.582. The Bertz CT molecular complexity index is 404. The highest BCUT2D eigenvalue weighted by atomic mass is 16.5. The van der Waals surface area contributed by atoms with Crippen LogP contribution in [0.2, 0.25) is 0 Å². The molecule has 0 aliphatic carbocycles. The van der Waals surface area contributed by atoms with Gasteiger partial charge >= 0.3 is 5.97 Å². The first-order valence-electron chi connectivity index (χ1n) is 5.00. The van der Waals surface area contributed by atoms with Crippen molar-refractivity contribution in [3.8, 4) is 6.07 Å². The van der Waals surface area contributed by atoms with Crippen molar-refractivity contribution in [3.63, 3.8) is 0 Å². The maximum atomic E-state index is 10.8. The summed E-state index contributed by atoms with van der Waals surface area (Å²) in [5.74, 6) is -0.224. The Morgan fingerprint density at radius 2 is 2.44 bits per heavy atom. The lowest BCUT2D eigenvalue weighted by molar-refractivity contribution is -0.140. The smallest absolute Gasteiger partial charge is 0.306 e. The predicted molar refractivity (Wildman–Crippen MR) is 58.5 cm³/mol. The molecule has 1 rings (SSSR count). The Morgan fingerprint density at radius 3 is 3.00 bits per heavy atom. The van der Waals surface area contributed by atoms with E-state index in [1.54, 1.807) is 4.57 Å². The molecule has 5 nitrogen and oxygen atoms in total. The highest BCUT2D eigenvalue weighted by molar-refractivity contribution is 5.69. The minimum absolute atomic E-state index is 0.224. The van der Waals surface area contributed by atoms with Crippen LogP contribution in [0.5, 0.6) is 0 Å². The summed E-state index contributed by atoms with van der Waals surface area (Å²) in [6.07, 6.45) is 2.25. The minimum Gasteiger partial charge on any atom is -0.469 e. The van der Waals surface area contributed by atoms with E-state index in [1.165, 1.54) is 7.11 Å². The first-order chi connectivity index (χ1) is 7.67. The molecule has 1 heterocycles. The lowest BCUT2D eigenvalue weighted by Crippen LogP contribution is -2.18. The molecule has 1 aromatic rings. The molecule has 0 aromatic carbocycles. The molecule has 0 fully saturated rings. The van der Waals surface area contributed by atoms with Crippen LogP contribution in [-0.4, -0.2) is 24.2 Å². The molecule has 0 atom stereocenters. The summed E-state index contributed by atoms with van der Waals surface area (Å²) in [5, 5.41) is 11.9. The normalized spacial score (nSPS) is 9.81. The van der Waals surface area contributed by atoms with Crippen LogP contribution in [0.25, 0.3) is 0 Å². The molecular formula is C11H15N3O2. The number of hydrogen-bond donors (Lipinski definition) is 1. The SMILES string of the molecule is COC(=O)CCNCc1cc(C#N)n(C)c1. The van der Waals surface area contributed by atoms with Crippen LogP contribution in [0.4, 0.5) is 0 Å². The number of methoxy groups -OCH3 is 1. The molecule has 1 aromatic heterocycles. The van der Waals surface area contributed by atoms with Gasteiger partial charge < -0.3 is 14.6 Å². The lowest BCUT2D eigenvalue weighted by Gasteiger charge is -2.01. The molecule has 1 N–H and O–H groups in total. The van der Waals surface area contributed by atoms with E-state index in [1.807, 2.05) is 19.3 Å². The topological polar surface area (TPSA) is 67.0 Å². The van der Waals surface area contributed by atoms with E-state index in [9.17, 15) is 4.79 Å². The van der Waals surface area contributed by atoms with E-state index in [-0.39, 0.29) is 5.97 Å². The zero-order valence-electron chi connectivity index (χ0n) is 9.49. The van der Waals surface area contributed by atoms with E-state index in [0.29, 0.717) is 25.2 Å². The summed E-state index contributed by atoms with van der Waals surface area (Å²) in [7, 11) is 3.20. The highest BCUT2D eigenvalue weighted by Crippen LogP contribution is 2.05. The molecule has 0 unspecified atom stereocenters. The number of aryl methyl sites for hydroxylation is 1. The third-order valence-corrected chi connectivity index (χ3v) is 2.24. The van der Waals surface area contributed by atoms with Gasteiger partial charge in [0, 0.05) is 26.3 Å². The van der Waals surface area contributed by atoms with E-state index in [2.05, 4.69) is 16.1 Å². The van der Waals surface area contributed by atoms with Crippen LogP contribution < -0.4 is 5.32 Å². The van der Waals surface area contributed by atoms with Gasteiger partial charge in [0.25, 0.3) is 0 Å². The van der Waals surface area contributed by atoms with Crippen molar-refractivity contribution in [2.24, 2.45) is 7.05 Å². The first-order valence-corrected chi connectivity index (χ1v) is 5.00. The Hall–Kier alpha value is -1.80. The number of hydrogen-bond acceptors (Lipinski definition) is 4. The van der Waals surface area contributed by atoms with Gasteiger partial charge in [-0.3, -0.25) is 4.79 Å². The second-order valence-electron chi connectivity index (χ2n) is 3.46. The number of carbonyl (C=O) groups is 1. The van der Waals surface area contributed by atoms with Crippen LogP contribution >= 0.6 is 0 Å². The average Bonchev–Trinajstić information content (AvgIpc) is 2.64. The second-order valence-corrected chi connectivity index (χ2v) is 3.46. The zero-order chi connectivity index (χ0) is 12.0. The number of aromatic nitrogens is 1. The fourth-order valence-electron chi connectivity index (χ4n) is 1.37. The third-order valence-electron chi connectivity index (χ3n) is 2.24. The summed E-state index contributed by atoms with van der Waals surface area (Å²) in [4.78, 5) is 10.8. The monoisotopic (exact) mass is 221 g/mol. The molecule has 0 amide bonds. The minimum atomic E-state index is -0.224. The molecule has 0 spiro atoms. The molecular weight excluding hydrogens is 206 g/mol. The fraction of sp³-hybridized carbons (Fsp3) is 0.455. The lowest BCUT2D eigenvalue weighted by atomic mass is 10.3. The molecule has 0 aliphatic heterocycles. The molecule has 0 saturated carbocycles. The van der Waals surface area contributed by atoms with Gasteiger partial charge in [-0.2, -0.15) is 5.26 Å². The highest BCUT2D eigenvalue weighted by Gasteiger charge is 2.02. The Labute approximate surface area is 94.6 Å². The van der Waals surface area contributed by atoms with Gasteiger partial charge in [-0.15, -0.1) is 0 Å². The van der Waals surface area contributed by atoms with Crippen molar-refractivity contribution in [1.29, 1.82) is 5.26 Å². The number of carbonyl (C=O) groups excluding carboxylic acids is 1. The van der Waals surface area contributed by atoms with Gasteiger partial charge in [-0.25, -0.2) is 0 Å². The van der Waals surface area contributed by atoms with Gasteiger partial charge in [0.05, 0.1) is 13.5 Å². The second kappa shape index (κ2) is 5.93. The van der Waals surface area contributed by atoms with Gasteiger partial charge in [0.15, 0.2) is 0 Å². The van der Waals surface area contributed by atoms with Crippen molar-refractivity contribution >= 4 is 5.97 Å². The van der Waals surface area contributed by atoms with Crippen molar-refractivity contribution in [1.82, 2.24) is 9.88 Å². The van der Waals surface area contributed by atoms with Crippen molar-refractivity contribution in [3.05, 3.63) is 23.5 Å². The number of nitrogens with one attached hydrogen (secondary N) is 1. The number of ether oxygens (including phenoxy) is 1. The summed E-state index contributed by atoms with van der Waals surface area (Å²) >= 11 is 0. The molecule has 86 valence electrons. The number of nitriles is 1. The summed E-state index contributed by atoms with van der Waals surface area (Å²) < 4.78 is 6.29. The number of nitrogens with zero attached hydrogens (tertiary/aromatic N) is 2. The van der Waals surface area contributed by atoms with Gasteiger partial charge in [-0.05, 0) is 11.6 Å². The maximum Gasteiger partial charge on any atom is 0.306 e. The third kappa shape index (κ3) is 3.41. The average molecular weight is 221 g/mol. The molecule has 0 saturated heterocycles. The van der Waals surface area contributed by atoms with Crippen molar-refractivity contribution in [2.45, 2.75) is 13.0 Å². The van der Waals surface area contributed by atoms with E-state index in [0.717, 1.165) is 5.56 Å². The Kier molecular flexibility index (Phi) is 4.55. The Morgan fingerprint density at radius 1 is 1.69 bits per heavy atom. The van der Waals surface area contributed by atoms with Crippen molar-refractivity contribution in [2.75, 3.05) is 13.7 Å². The van der Waals surface area contributed by atoms with Gasteiger partial charge in [0.2, 0.25) is 0 Å². The van der Waals surface area contributed by atoms with Gasteiger partial charge in [-0.1, -0.05) is 0 Å². The summed E-state index contributed by atoms with van der Waals surface area (Å²) in [6.45, 7) is 1.22. The van der Waals surface area contributed by atoms with Crippen molar-refractivity contribution < 1.29 is 9.53 Å². The molecule has 0 radical (unpaired) electrons. The molecule has 5 heteroatoms. The van der Waals surface area contributed by atoms with E-state index in [4.69, 9.17) is 5.26 Å². The molecule has 0 aliphatic rings. The standard InChI is InChI=1S/C11H15N3O2/c1-14-8-9(5-10(14)6-12)7-13-4-3-11(15)16-2/h5,8,13H,3-4,7H2,1-2H3. The first kappa shape index (κ1) is 12.3. The predicted octanol–water partition coefficient (Wildman–Crippen LogP) is 0.549. The number of rotatable bonds is 5. The maximum absolute atomic E-state index is 10.8. The van der Waals surface area contributed by atoms with Gasteiger partial charge in [0.1, 0.15) is 11.8 Å². The van der Waals surface area contributed by atoms with Crippen LogP contribution in [-0.2, 0) is 23.1 Å². The summed E-state index contributed by atoms with van der Waals surface area (Å²) in [6, 6.07) is 3.92. The largest absolute Gasteiger partial charge is 0.469 e. The fourth-order valence-corrected chi connectivity index (χ4v) is 1.37. The Balaban J connectivity index is 2.33. The molecule has 0 bridgehead atoms. The molecule has 16 heavy (non-hydrogen) atoms. The van der Waals surface area contributed by atoms with Crippen LogP contribution in [0.1, 0.15) is 17.7 Å². The van der Waals surface area contributed by atoms with Crippen LogP contribution in [0.3, 0.4) is 0 Å². The van der Waals surface area contributed by atoms with E-state index >= 15 is 0 Å². The van der Waals surface area contributed by atoms with Crippen LogP contribution in [0, 0.1) is 11.3 Å². The zero-order valence-corrected chi connectivity index (χ0v) is 9.49. The van der Waals surface area contributed by atoms with Crippen LogP contribution in [0.15, 0.2) is 12.3 Å². The number of esters is 1.